The fraction of sp³-hybridized carbons (Fsp3) is 0.368. The second-order valence-electron chi connectivity index (χ2n) is 19.8. The molecule has 0 bridgehead atoms. The number of carbonyl (C=O) groups is 5. The zero-order valence-electron chi connectivity index (χ0n) is 41.2. The zero-order valence-corrected chi connectivity index (χ0v) is 42.0. The molecule has 5 heterocycles. The number of fused-ring (bicyclic) bond motifs is 2. The number of hydrogen-bond acceptors (Lipinski definition) is 12. The van der Waals surface area contributed by atoms with E-state index < -0.39 is 17.8 Å². The molecule has 1 unspecified atom stereocenters. The number of carboxylic acid groups (broad SMARTS) is 1. The van der Waals surface area contributed by atoms with E-state index in [-0.39, 0.29) is 47.6 Å². The lowest BCUT2D eigenvalue weighted by molar-refractivity contribution is -0.135. The topological polar surface area (TPSA) is 207 Å². The van der Waals surface area contributed by atoms with E-state index in [1.807, 2.05) is 109 Å². The lowest BCUT2D eigenvalue weighted by Crippen LogP contribution is -2.44. The first kappa shape index (κ1) is 49.1. The lowest BCUT2D eigenvalue weighted by Gasteiger charge is -2.34. The van der Waals surface area contributed by atoms with Crippen LogP contribution in [0.2, 0.25) is 0 Å². The van der Waals surface area contributed by atoms with Crippen LogP contribution in [0.4, 0.5) is 16.6 Å². The number of aromatic carboxylic acids is 1. The van der Waals surface area contributed by atoms with Crippen LogP contribution < -0.4 is 25.6 Å². The van der Waals surface area contributed by atoms with Gasteiger partial charge in [-0.2, -0.15) is 0 Å². The van der Waals surface area contributed by atoms with Crippen molar-refractivity contribution in [1.29, 1.82) is 5.41 Å². The minimum atomic E-state index is -1.13. The molecule has 16 heteroatoms. The van der Waals surface area contributed by atoms with Gasteiger partial charge in [-0.3, -0.25) is 29.8 Å². The molecule has 73 heavy (non-hydrogen) atoms. The molecule has 4 amide bonds. The molecular weight excluding hydrogens is 941 g/mol. The van der Waals surface area contributed by atoms with Crippen molar-refractivity contribution >= 4 is 73.5 Å². The van der Waals surface area contributed by atoms with Gasteiger partial charge in [-0.25, -0.2) is 14.8 Å². The third-order valence-corrected chi connectivity index (χ3v) is 16.3. The van der Waals surface area contributed by atoms with Crippen LogP contribution in [0.15, 0.2) is 91.0 Å². The zero-order chi connectivity index (χ0) is 50.8. The Morgan fingerprint density at radius 3 is 2.41 bits per heavy atom. The summed E-state index contributed by atoms with van der Waals surface area (Å²) in [5.74, 6) is -0.569. The number of carbonyl (C=O) groups excluding carboxylic acids is 4. The Morgan fingerprint density at radius 2 is 1.64 bits per heavy atom. The number of nitrogens with zero attached hydrogens (tertiary/aromatic N) is 4. The van der Waals surface area contributed by atoms with Crippen molar-refractivity contribution in [2.45, 2.75) is 96.1 Å². The van der Waals surface area contributed by atoms with E-state index >= 15 is 0 Å². The van der Waals surface area contributed by atoms with Gasteiger partial charge >= 0.3 is 5.97 Å². The summed E-state index contributed by atoms with van der Waals surface area (Å²) in [6.07, 6.45) is 7.99. The molecule has 2 aromatic heterocycles. The largest absolute Gasteiger partial charge is 0.490 e. The van der Waals surface area contributed by atoms with Gasteiger partial charge in [0.1, 0.15) is 11.6 Å². The Labute approximate surface area is 428 Å². The predicted octanol–water partition coefficient (Wildman–Crippen LogP) is 9.77. The summed E-state index contributed by atoms with van der Waals surface area (Å²) in [4.78, 5) is 77.5. The van der Waals surface area contributed by atoms with E-state index in [4.69, 9.17) is 15.1 Å². The van der Waals surface area contributed by atoms with Crippen molar-refractivity contribution in [3.63, 3.8) is 0 Å². The van der Waals surface area contributed by atoms with Gasteiger partial charge in [-0.05, 0) is 147 Å². The maximum Gasteiger partial charge on any atom is 0.355 e. The van der Waals surface area contributed by atoms with E-state index in [0.717, 1.165) is 88.7 Å². The number of piperidine rings is 2. The summed E-state index contributed by atoms with van der Waals surface area (Å²) in [5, 5.41) is 28.4. The normalized spacial score (nSPS) is 19.2. The smallest absolute Gasteiger partial charge is 0.355 e. The van der Waals surface area contributed by atoms with Gasteiger partial charge in [-0.15, -0.1) is 0 Å². The summed E-state index contributed by atoms with van der Waals surface area (Å²) in [6, 6.07) is 28.9. The number of rotatable bonds is 14. The third-order valence-electron chi connectivity index (χ3n) is 15.4. The summed E-state index contributed by atoms with van der Waals surface area (Å²) in [7, 11) is 1.81. The maximum atomic E-state index is 13.7. The third kappa shape index (κ3) is 10.6. The van der Waals surface area contributed by atoms with Crippen LogP contribution in [0.1, 0.15) is 119 Å². The molecule has 1 aliphatic carbocycles. The number of para-hydroxylation sites is 1. The number of amides is 4. The van der Waals surface area contributed by atoms with Crippen molar-refractivity contribution < 1.29 is 33.8 Å². The first-order valence-corrected chi connectivity index (χ1v) is 26.3. The van der Waals surface area contributed by atoms with E-state index in [9.17, 15) is 29.1 Å². The highest BCUT2D eigenvalue weighted by atomic mass is 32.1. The van der Waals surface area contributed by atoms with Crippen molar-refractivity contribution in [2.75, 3.05) is 42.2 Å². The first-order valence-electron chi connectivity index (χ1n) is 25.5. The Morgan fingerprint density at radius 1 is 0.849 bits per heavy atom. The number of imide groups is 1. The molecule has 2 saturated heterocycles. The molecule has 3 fully saturated rings. The summed E-state index contributed by atoms with van der Waals surface area (Å²) in [6.45, 7) is 4.36. The Balaban J connectivity index is 0.712. The highest BCUT2D eigenvalue weighted by Crippen LogP contribution is 2.38. The number of benzene rings is 4. The average molecular weight is 1000 g/mol. The van der Waals surface area contributed by atoms with Crippen LogP contribution in [-0.2, 0) is 27.3 Å². The van der Waals surface area contributed by atoms with E-state index in [0.29, 0.717) is 84.7 Å². The fourth-order valence-corrected chi connectivity index (χ4v) is 12.1. The molecule has 1 atom stereocenters. The minimum Gasteiger partial charge on any atom is -0.490 e. The van der Waals surface area contributed by atoms with Crippen LogP contribution >= 0.6 is 11.3 Å². The van der Waals surface area contributed by atoms with Crippen LogP contribution in [0.25, 0.3) is 21.3 Å². The highest BCUT2D eigenvalue weighted by Gasteiger charge is 2.33. The molecule has 10 rings (SSSR count). The number of pyridine rings is 1. The standard InChI is InChI=1S/C57H60N8O7S/c1-33-39(40-20-22-49(61-53(40)56(70)71)65-30-27-36-7-5-9-41(44(36)32-65)54(68)63-57-60-45-10-3-4-12-48(45)73-57)8-6-11-47(33)72-38-17-13-34(14-18-38)15-24-51(67)64-28-25-35(26-29-64)37-16-19-42(46(31-37)59-2)52(58)43-21-23-50(66)62-55(43)69/h3-12,16,19-20,22,31,34-35,38,43,58-59H,13-15,17-18,21,23-30,32H2,1-2H3,(H,70,71)(H,60,63,68)(H,62,66,69). The molecule has 15 nitrogen and oxygen atoms in total. The molecule has 0 radical (unpaired) electrons. The summed E-state index contributed by atoms with van der Waals surface area (Å²) >= 11 is 1.43. The number of ether oxygens (including phenoxy) is 1. The fourth-order valence-electron chi connectivity index (χ4n) is 11.2. The van der Waals surface area contributed by atoms with E-state index in [1.54, 1.807) is 0 Å². The number of thiazole rings is 1. The van der Waals surface area contributed by atoms with Gasteiger partial charge in [0, 0.05) is 68.4 Å². The molecule has 1 saturated carbocycles. The quantitative estimate of drug-likeness (QED) is 0.0513. The Kier molecular flexibility index (Phi) is 14.4. The first-order chi connectivity index (χ1) is 35.4. The Bertz CT molecular complexity index is 3100. The lowest BCUT2D eigenvalue weighted by atomic mass is 9.84. The molecule has 6 aromatic rings. The van der Waals surface area contributed by atoms with Gasteiger partial charge < -0.3 is 30.4 Å². The number of likely N-dealkylation sites (tertiary alicyclic amines) is 1. The summed E-state index contributed by atoms with van der Waals surface area (Å²) in [5.41, 5.74) is 8.18. The van der Waals surface area contributed by atoms with Crippen molar-refractivity contribution in [3.05, 3.63) is 130 Å². The number of nitrogens with one attached hydrogen (secondary N) is 4. The number of hydrogen-bond donors (Lipinski definition) is 5. The van der Waals surface area contributed by atoms with Crippen molar-refractivity contribution in [3.8, 4) is 16.9 Å². The van der Waals surface area contributed by atoms with Crippen LogP contribution in [0.5, 0.6) is 5.75 Å². The molecule has 0 spiro atoms. The number of aromatic nitrogens is 2. The number of anilines is 3. The maximum absolute atomic E-state index is 13.7. The molecule has 4 aromatic carbocycles. The van der Waals surface area contributed by atoms with E-state index in [1.165, 1.54) is 11.3 Å². The van der Waals surface area contributed by atoms with Gasteiger partial charge in [0.05, 0.1) is 28.0 Å². The van der Waals surface area contributed by atoms with Crippen molar-refractivity contribution in [2.24, 2.45) is 11.8 Å². The van der Waals surface area contributed by atoms with Gasteiger partial charge in [-0.1, -0.05) is 59.9 Å². The molecule has 4 aliphatic rings. The van der Waals surface area contributed by atoms with Gasteiger partial charge in [0.25, 0.3) is 5.91 Å². The molecule has 5 N–H and O–H groups in total. The summed E-state index contributed by atoms with van der Waals surface area (Å²) < 4.78 is 7.63. The average Bonchev–Trinajstić information content (AvgIpc) is 3.82. The second-order valence-corrected chi connectivity index (χ2v) is 20.8. The highest BCUT2D eigenvalue weighted by molar-refractivity contribution is 7.22. The number of carboxylic acids is 1. The van der Waals surface area contributed by atoms with Gasteiger partial charge in [0.15, 0.2) is 10.8 Å². The monoisotopic (exact) mass is 1000 g/mol. The minimum absolute atomic E-state index is 0.00930. The van der Waals surface area contributed by atoms with Crippen molar-refractivity contribution in [1.82, 2.24) is 20.2 Å². The molecule has 376 valence electrons. The molecule has 3 aliphatic heterocycles. The second kappa shape index (κ2) is 21.3. The van der Waals surface area contributed by atoms with Crippen LogP contribution in [0.3, 0.4) is 0 Å². The SMILES string of the molecule is CNc1cc(C2CCN(C(=O)CCC3CCC(Oc4cccc(-c5ccc(N6CCc7cccc(C(=O)Nc8nc9ccccc9s8)c7C6)nc5C(=O)O)c4C)CC3)CC2)ccc1C(=N)C1CCC(=O)NC1=O. The molecular formula is C57H60N8O7S. The predicted molar refractivity (Wildman–Crippen MR) is 283 cm³/mol. The van der Waals surface area contributed by atoms with Gasteiger partial charge in [0.2, 0.25) is 17.7 Å². The Hall–Kier alpha value is -7.46. The van der Waals surface area contributed by atoms with Crippen LogP contribution in [0, 0.1) is 24.2 Å². The van der Waals surface area contributed by atoms with E-state index in [2.05, 4.69) is 27.0 Å². The van der Waals surface area contributed by atoms with Crippen LogP contribution in [-0.4, -0.2) is 88.1 Å².